The largest absolute Gasteiger partial charge is 0.325 e. The van der Waals surface area contributed by atoms with Gasteiger partial charge < -0.3 is 5.32 Å². The predicted octanol–water partition coefficient (Wildman–Crippen LogP) is 3.30. The van der Waals surface area contributed by atoms with Gasteiger partial charge in [0.15, 0.2) is 0 Å². The molecule has 118 valence electrons. The lowest BCUT2D eigenvalue weighted by Crippen LogP contribution is -2.35. The summed E-state index contributed by atoms with van der Waals surface area (Å²) in [6.45, 7) is 1.65. The van der Waals surface area contributed by atoms with Gasteiger partial charge in [-0.3, -0.25) is 10.1 Å². The molecule has 1 saturated heterocycles. The third-order valence-corrected chi connectivity index (χ3v) is 4.04. The van der Waals surface area contributed by atoms with E-state index in [2.05, 4.69) is 17.6 Å². The normalized spacial score (nSPS) is 19.9. The van der Waals surface area contributed by atoms with Gasteiger partial charge in [-0.1, -0.05) is 19.1 Å². The molecule has 1 fully saturated rings. The lowest BCUT2D eigenvalue weighted by atomic mass is 10.1. The van der Waals surface area contributed by atoms with Crippen molar-refractivity contribution in [1.29, 1.82) is 0 Å². The van der Waals surface area contributed by atoms with Crippen LogP contribution in [-0.4, -0.2) is 30.2 Å². The number of alkyl halides is 2. The maximum atomic E-state index is 13.1. The van der Waals surface area contributed by atoms with E-state index in [1.54, 1.807) is 17.8 Å². The van der Waals surface area contributed by atoms with Crippen molar-refractivity contribution >= 4 is 35.8 Å². The van der Waals surface area contributed by atoms with Crippen LogP contribution >= 0.6 is 24.2 Å². The molecule has 2 N–H and O–H groups in total. The highest BCUT2D eigenvalue weighted by Crippen LogP contribution is 2.26. The van der Waals surface area contributed by atoms with Gasteiger partial charge in [0.2, 0.25) is 5.91 Å². The number of thioether (sulfide) groups is 1. The van der Waals surface area contributed by atoms with Crippen LogP contribution in [0.3, 0.4) is 0 Å². The highest BCUT2D eigenvalue weighted by atomic mass is 35.5. The first kappa shape index (κ1) is 18.2. The summed E-state index contributed by atoms with van der Waals surface area (Å²) in [5.74, 6) is -1.29. The van der Waals surface area contributed by atoms with E-state index in [1.165, 1.54) is 0 Å². The van der Waals surface area contributed by atoms with E-state index in [4.69, 9.17) is 0 Å². The molecule has 7 heteroatoms. The molecule has 1 atom stereocenters. The summed E-state index contributed by atoms with van der Waals surface area (Å²) in [7, 11) is 0. The summed E-state index contributed by atoms with van der Waals surface area (Å²) in [6, 6.07) is 6.68. The summed E-state index contributed by atoms with van der Waals surface area (Å²) in [5.41, 5.74) is 1.76. The zero-order chi connectivity index (χ0) is 14.6. The maximum Gasteiger partial charge on any atom is 0.262 e. The van der Waals surface area contributed by atoms with E-state index in [9.17, 15) is 13.6 Å². The van der Waals surface area contributed by atoms with Crippen molar-refractivity contribution in [3.8, 4) is 0 Å². The van der Waals surface area contributed by atoms with Crippen molar-refractivity contribution in [3.63, 3.8) is 0 Å². The number of nitrogens with one attached hydrogen (secondary N) is 2. The van der Waals surface area contributed by atoms with Crippen LogP contribution in [0.4, 0.5) is 14.5 Å². The van der Waals surface area contributed by atoms with Crippen LogP contribution in [0.5, 0.6) is 0 Å². The Balaban J connectivity index is 0.00000220. The molecule has 1 aliphatic rings. The number of hydrogen-bond acceptors (Lipinski definition) is 3. The molecule has 2 rings (SSSR count). The Morgan fingerprint density at radius 2 is 2.29 bits per heavy atom. The van der Waals surface area contributed by atoms with Gasteiger partial charge in [0.05, 0.1) is 12.6 Å². The van der Waals surface area contributed by atoms with E-state index in [1.807, 2.05) is 18.2 Å². The molecule has 0 radical (unpaired) electrons. The highest BCUT2D eigenvalue weighted by molar-refractivity contribution is 7.98. The third kappa shape index (κ3) is 5.45. The fraction of sp³-hybridized carbons (Fsp3) is 0.500. The second kappa shape index (κ2) is 7.96. The third-order valence-electron chi connectivity index (χ3n) is 3.09. The predicted molar refractivity (Wildman–Crippen MR) is 85.5 cm³/mol. The first-order valence-corrected chi connectivity index (χ1v) is 7.74. The molecule has 3 nitrogen and oxygen atoms in total. The molecular weight excluding hydrogens is 318 g/mol. The van der Waals surface area contributed by atoms with Gasteiger partial charge in [-0.15, -0.1) is 12.4 Å². The van der Waals surface area contributed by atoms with Gasteiger partial charge in [-0.2, -0.15) is 11.8 Å². The van der Waals surface area contributed by atoms with E-state index in [0.717, 1.165) is 17.1 Å². The molecule has 1 aromatic carbocycles. The van der Waals surface area contributed by atoms with E-state index in [-0.39, 0.29) is 12.4 Å². The fourth-order valence-corrected chi connectivity index (χ4v) is 2.71. The maximum absolute atomic E-state index is 13.1. The minimum absolute atomic E-state index is 0. The summed E-state index contributed by atoms with van der Waals surface area (Å²) < 4.78 is 26.1. The summed E-state index contributed by atoms with van der Waals surface area (Å²) >= 11 is 1.79. The second-order valence-electron chi connectivity index (χ2n) is 4.82. The van der Waals surface area contributed by atoms with Gasteiger partial charge in [0, 0.05) is 17.9 Å². The average Bonchev–Trinajstić information content (AvgIpc) is 2.77. The standard InChI is InChI=1S/C14H18F2N2OS.ClH/c1-2-20-8-10-4-3-5-11(6-10)18-13(19)12-7-14(15,16)9-17-12;/h3-6,12,17H,2,7-9H2,1H3,(H,18,19);1H. The molecule has 1 aliphatic heterocycles. The van der Waals surface area contributed by atoms with Gasteiger partial charge in [-0.05, 0) is 23.4 Å². The molecule has 0 bridgehead atoms. The molecular formula is C14H19ClF2N2OS. The Kier molecular flexibility index (Phi) is 6.90. The molecule has 0 saturated carbocycles. The van der Waals surface area contributed by atoms with Crippen LogP contribution in [0, 0.1) is 0 Å². The Hall–Kier alpha value is -0.850. The Morgan fingerprint density at radius 3 is 2.90 bits per heavy atom. The van der Waals surface area contributed by atoms with Crippen molar-refractivity contribution in [2.75, 3.05) is 17.6 Å². The monoisotopic (exact) mass is 336 g/mol. The van der Waals surface area contributed by atoms with Gasteiger partial charge in [0.1, 0.15) is 0 Å². The lowest BCUT2D eigenvalue weighted by molar-refractivity contribution is -0.118. The Labute approximate surface area is 133 Å². The zero-order valence-electron chi connectivity index (χ0n) is 11.7. The molecule has 0 aliphatic carbocycles. The first-order chi connectivity index (χ1) is 9.50. The van der Waals surface area contributed by atoms with Crippen molar-refractivity contribution in [2.45, 2.75) is 31.1 Å². The van der Waals surface area contributed by atoms with Crippen molar-refractivity contribution in [3.05, 3.63) is 29.8 Å². The highest BCUT2D eigenvalue weighted by Gasteiger charge is 2.42. The van der Waals surface area contributed by atoms with Gasteiger partial charge in [-0.25, -0.2) is 8.78 Å². The minimum atomic E-state index is -2.79. The topological polar surface area (TPSA) is 41.1 Å². The van der Waals surface area contributed by atoms with E-state index >= 15 is 0 Å². The number of carbonyl (C=O) groups is 1. The lowest BCUT2D eigenvalue weighted by Gasteiger charge is -2.12. The van der Waals surface area contributed by atoms with Gasteiger partial charge in [0.25, 0.3) is 5.92 Å². The second-order valence-corrected chi connectivity index (χ2v) is 6.09. The van der Waals surface area contributed by atoms with Crippen LogP contribution in [0.25, 0.3) is 0 Å². The zero-order valence-corrected chi connectivity index (χ0v) is 13.3. The number of amides is 1. The number of halogens is 3. The summed E-state index contributed by atoms with van der Waals surface area (Å²) in [5, 5.41) is 5.24. The molecule has 21 heavy (non-hydrogen) atoms. The molecule has 0 spiro atoms. The molecule has 1 unspecified atom stereocenters. The summed E-state index contributed by atoms with van der Waals surface area (Å²) in [6.07, 6.45) is -0.440. The van der Waals surface area contributed by atoms with Gasteiger partial charge >= 0.3 is 0 Å². The van der Waals surface area contributed by atoms with Crippen LogP contribution in [-0.2, 0) is 10.5 Å². The van der Waals surface area contributed by atoms with Crippen molar-refractivity contribution in [2.24, 2.45) is 0 Å². The quantitative estimate of drug-likeness (QED) is 0.867. The number of rotatable bonds is 5. The first-order valence-electron chi connectivity index (χ1n) is 6.59. The molecule has 1 aromatic rings. The molecule has 0 aromatic heterocycles. The van der Waals surface area contributed by atoms with Crippen molar-refractivity contribution in [1.82, 2.24) is 5.32 Å². The SMILES string of the molecule is CCSCc1cccc(NC(=O)C2CC(F)(F)CN2)c1.Cl. The van der Waals surface area contributed by atoms with Crippen LogP contribution in [0.2, 0.25) is 0 Å². The van der Waals surface area contributed by atoms with Crippen LogP contribution in [0.15, 0.2) is 24.3 Å². The minimum Gasteiger partial charge on any atom is -0.325 e. The fourth-order valence-electron chi connectivity index (χ4n) is 2.09. The number of anilines is 1. The van der Waals surface area contributed by atoms with Crippen molar-refractivity contribution < 1.29 is 13.6 Å². The van der Waals surface area contributed by atoms with E-state index < -0.39 is 30.8 Å². The smallest absolute Gasteiger partial charge is 0.262 e. The Morgan fingerprint density at radius 1 is 1.52 bits per heavy atom. The molecule has 1 heterocycles. The Bertz CT molecular complexity index is 488. The van der Waals surface area contributed by atoms with Crippen LogP contribution in [0.1, 0.15) is 18.9 Å². The van der Waals surface area contributed by atoms with Crippen LogP contribution < -0.4 is 10.6 Å². The number of hydrogen-bond donors (Lipinski definition) is 2. The number of benzene rings is 1. The number of carbonyl (C=O) groups excluding carboxylic acids is 1. The van der Waals surface area contributed by atoms with E-state index in [0.29, 0.717) is 5.69 Å². The summed E-state index contributed by atoms with van der Waals surface area (Å²) in [4.78, 5) is 11.9. The molecule has 1 amide bonds. The average molecular weight is 337 g/mol.